The van der Waals surface area contributed by atoms with Crippen LogP contribution in [0.1, 0.15) is 23.0 Å². The summed E-state index contributed by atoms with van der Waals surface area (Å²) in [5.74, 6) is -0.836. The van der Waals surface area contributed by atoms with Gasteiger partial charge in [-0.1, -0.05) is 58.8 Å². The Bertz CT molecular complexity index is 1220. The summed E-state index contributed by atoms with van der Waals surface area (Å²) in [6.45, 7) is 5.33. The molecule has 2 aromatic heterocycles. The van der Waals surface area contributed by atoms with Gasteiger partial charge in [0.2, 0.25) is 0 Å². The number of aliphatic carboxylic acids is 1. The van der Waals surface area contributed by atoms with Gasteiger partial charge in [0.1, 0.15) is 17.4 Å². The van der Waals surface area contributed by atoms with Crippen molar-refractivity contribution in [2.75, 3.05) is 26.2 Å². The summed E-state index contributed by atoms with van der Waals surface area (Å²) >= 11 is 0. The van der Waals surface area contributed by atoms with E-state index in [0.717, 1.165) is 52.2 Å². The van der Waals surface area contributed by atoms with Gasteiger partial charge in [-0.05, 0) is 18.6 Å². The molecule has 8 nitrogen and oxygen atoms in total. The molecule has 0 unspecified atom stereocenters. The van der Waals surface area contributed by atoms with Crippen LogP contribution in [0.15, 0.2) is 59.2 Å². The molecule has 0 bridgehead atoms. The fourth-order valence-electron chi connectivity index (χ4n) is 4.53. The number of para-hydroxylation sites is 1. The topological polar surface area (TPSA) is 98.5 Å². The number of benzene rings is 2. The molecule has 3 heterocycles. The molecule has 1 aliphatic heterocycles. The standard InChI is InChI=1S/C24H25N5O3/c1-16-20(27-32-26-16)15-28-11-13-29(14-12-28)23(24(30)31)21-18-9-5-6-10-19(18)25-22(21)17-7-3-2-4-8-17/h2-10,23,25H,11-15H2,1H3,(H,30,31)/t23-/m0/s1. The molecular formula is C24H25N5O3. The number of hydrogen-bond donors (Lipinski definition) is 2. The van der Waals surface area contributed by atoms with Crippen LogP contribution in [0.4, 0.5) is 0 Å². The van der Waals surface area contributed by atoms with Gasteiger partial charge in [0.05, 0.1) is 5.69 Å². The number of aromatic amines is 1. The number of fused-ring (bicyclic) bond motifs is 1. The summed E-state index contributed by atoms with van der Waals surface area (Å²) < 4.78 is 4.80. The Morgan fingerprint density at radius 2 is 1.78 bits per heavy atom. The van der Waals surface area contributed by atoms with Crippen LogP contribution < -0.4 is 0 Å². The first kappa shape index (κ1) is 20.4. The smallest absolute Gasteiger partial charge is 0.325 e. The molecule has 164 valence electrons. The van der Waals surface area contributed by atoms with Crippen molar-refractivity contribution in [2.45, 2.75) is 19.5 Å². The quantitative estimate of drug-likeness (QED) is 0.482. The van der Waals surface area contributed by atoms with Crippen molar-refractivity contribution in [3.05, 3.63) is 71.5 Å². The molecule has 32 heavy (non-hydrogen) atoms. The lowest BCUT2D eigenvalue weighted by atomic mass is 9.97. The predicted molar refractivity (Wildman–Crippen MR) is 120 cm³/mol. The highest BCUT2D eigenvalue weighted by Gasteiger charge is 2.34. The maximum Gasteiger partial charge on any atom is 0.325 e. The normalized spacial score (nSPS) is 16.4. The van der Waals surface area contributed by atoms with E-state index in [-0.39, 0.29) is 0 Å². The van der Waals surface area contributed by atoms with Gasteiger partial charge >= 0.3 is 5.97 Å². The van der Waals surface area contributed by atoms with E-state index in [1.165, 1.54) is 0 Å². The molecule has 1 saturated heterocycles. The zero-order chi connectivity index (χ0) is 22.1. The second kappa shape index (κ2) is 8.57. The number of rotatable bonds is 6. The molecule has 5 rings (SSSR count). The summed E-state index contributed by atoms with van der Waals surface area (Å²) in [7, 11) is 0. The number of carboxylic acids is 1. The summed E-state index contributed by atoms with van der Waals surface area (Å²) in [6.07, 6.45) is 0. The van der Waals surface area contributed by atoms with Crippen molar-refractivity contribution in [1.82, 2.24) is 25.1 Å². The van der Waals surface area contributed by atoms with Crippen LogP contribution in [0.5, 0.6) is 0 Å². The van der Waals surface area contributed by atoms with Crippen molar-refractivity contribution in [2.24, 2.45) is 0 Å². The second-order valence-electron chi connectivity index (χ2n) is 8.17. The van der Waals surface area contributed by atoms with E-state index >= 15 is 0 Å². The molecule has 0 aliphatic carbocycles. The zero-order valence-electron chi connectivity index (χ0n) is 17.9. The fourth-order valence-corrected chi connectivity index (χ4v) is 4.53. The monoisotopic (exact) mass is 431 g/mol. The van der Waals surface area contributed by atoms with Crippen LogP contribution in [0, 0.1) is 6.92 Å². The van der Waals surface area contributed by atoms with E-state index < -0.39 is 12.0 Å². The minimum absolute atomic E-state index is 0.648. The number of nitrogens with one attached hydrogen (secondary N) is 1. The number of H-pyrrole nitrogens is 1. The summed E-state index contributed by atoms with van der Waals surface area (Å²) in [5, 5.41) is 19.1. The largest absolute Gasteiger partial charge is 0.480 e. The first-order chi connectivity index (χ1) is 15.6. The summed E-state index contributed by atoms with van der Waals surface area (Å²) in [6, 6.07) is 17.1. The third-order valence-electron chi connectivity index (χ3n) is 6.21. The minimum atomic E-state index is -0.836. The molecule has 8 heteroatoms. The highest BCUT2D eigenvalue weighted by Crippen LogP contribution is 2.37. The number of carbonyl (C=O) groups is 1. The lowest BCUT2D eigenvalue weighted by Crippen LogP contribution is -2.49. The minimum Gasteiger partial charge on any atom is -0.480 e. The molecule has 2 N–H and O–H groups in total. The molecular weight excluding hydrogens is 406 g/mol. The second-order valence-corrected chi connectivity index (χ2v) is 8.17. The van der Waals surface area contributed by atoms with Crippen LogP contribution in [0.2, 0.25) is 0 Å². The van der Waals surface area contributed by atoms with Gasteiger partial charge in [-0.3, -0.25) is 14.6 Å². The van der Waals surface area contributed by atoms with Crippen LogP contribution in [-0.2, 0) is 11.3 Å². The van der Waals surface area contributed by atoms with Gasteiger partial charge < -0.3 is 10.1 Å². The van der Waals surface area contributed by atoms with Crippen molar-refractivity contribution in [3.63, 3.8) is 0 Å². The zero-order valence-corrected chi connectivity index (χ0v) is 17.9. The van der Waals surface area contributed by atoms with Crippen LogP contribution in [0.3, 0.4) is 0 Å². The summed E-state index contributed by atoms with van der Waals surface area (Å²) in [4.78, 5) is 20.4. The lowest BCUT2D eigenvalue weighted by Gasteiger charge is -2.37. The molecule has 1 fully saturated rings. The SMILES string of the molecule is Cc1nonc1CN1CCN([C@H](C(=O)O)c2c(-c3ccccc3)[nH]c3ccccc23)CC1. The van der Waals surface area contributed by atoms with Crippen molar-refractivity contribution in [3.8, 4) is 11.3 Å². The fraction of sp³-hybridized carbons (Fsp3) is 0.292. The van der Waals surface area contributed by atoms with Gasteiger partial charge in [-0.25, -0.2) is 4.63 Å². The Hall–Kier alpha value is -3.49. The van der Waals surface area contributed by atoms with E-state index in [4.69, 9.17) is 4.63 Å². The molecule has 0 saturated carbocycles. The van der Waals surface area contributed by atoms with Gasteiger partial charge in [0.25, 0.3) is 0 Å². The predicted octanol–water partition coefficient (Wildman–Crippen LogP) is 3.47. The number of hydrogen-bond acceptors (Lipinski definition) is 6. The molecule has 4 aromatic rings. The van der Waals surface area contributed by atoms with E-state index in [2.05, 4.69) is 25.1 Å². The van der Waals surface area contributed by atoms with E-state index in [1.807, 2.05) is 61.5 Å². The number of nitrogens with zero attached hydrogens (tertiary/aromatic N) is 4. The van der Waals surface area contributed by atoms with Crippen LogP contribution in [-0.4, -0.2) is 62.4 Å². The maximum absolute atomic E-state index is 12.6. The van der Waals surface area contributed by atoms with Gasteiger partial charge in [0.15, 0.2) is 0 Å². The first-order valence-electron chi connectivity index (χ1n) is 10.7. The number of carboxylic acid groups (broad SMARTS) is 1. The third kappa shape index (κ3) is 3.79. The number of aryl methyl sites for hydroxylation is 1. The molecule has 0 spiro atoms. The highest BCUT2D eigenvalue weighted by molar-refractivity contribution is 5.95. The summed E-state index contributed by atoms with van der Waals surface area (Å²) in [5.41, 5.74) is 5.24. The Labute approximate surface area is 185 Å². The Morgan fingerprint density at radius 3 is 2.47 bits per heavy atom. The van der Waals surface area contributed by atoms with Crippen LogP contribution in [0.25, 0.3) is 22.2 Å². The van der Waals surface area contributed by atoms with Crippen molar-refractivity contribution in [1.29, 1.82) is 0 Å². The number of aromatic nitrogens is 3. The van der Waals surface area contributed by atoms with E-state index in [0.29, 0.717) is 19.6 Å². The molecule has 0 radical (unpaired) electrons. The van der Waals surface area contributed by atoms with Crippen LogP contribution >= 0.6 is 0 Å². The Balaban J connectivity index is 1.46. The van der Waals surface area contributed by atoms with E-state index in [1.54, 1.807) is 0 Å². The van der Waals surface area contributed by atoms with Gasteiger partial charge in [0, 0.05) is 49.2 Å². The average molecular weight is 431 g/mol. The number of piperazine rings is 1. The van der Waals surface area contributed by atoms with Gasteiger partial charge in [-0.15, -0.1) is 0 Å². The average Bonchev–Trinajstić information content (AvgIpc) is 3.39. The first-order valence-corrected chi connectivity index (χ1v) is 10.7. The highest BCUT2D eigenvalue weighted by atomic mass is 16.6. The Kier molecular flexibility index (Phi) is 5.46. The molecule has 2 aromatic carbocycles. The maximum atomic E-state index is 12.6. The molecule has 0 amide bonds. The van der Waals surface area contributed by atoms with Crippen molar-refractivity contribution >= 4 is 16.9 Å². The third-order valence-corrected chi connectivity index (χ3v) is 6.21. The molecule has 1 aliphatic rings. The molecule has 1 atom stereocenters. The van der Waals surface area contributed by atoms with Crippen molar-refractivity contribution < 1.29 is 14.5 Å². The van der Waals surface area contributed by atoms with Gasteiger partial charge in [-0.2, -0.15) is 0 Å². The van der Waals surface area contributed by atoms with E-state index in [9.17, 15) is 9.90 Å². The lowest BCUT2D eigenvalue weighted by molar-refractivity contribution is -0.144. The Morgan fingerprint density at radius 1 is 1.06 bits per heavy atom.